The number of carbonyl (C=O) groups excluding carboxylic acids is 2. The number of nitrogens with one attached hydrogen (secondary N) is 2. The molecule has 1 aromatic heterocycles. The second kappa shape index (κ2) is 9.99. The summed E-state index contributed by atoms with van der Waals surface area (Å²) in [5.41, 5.74) is 1.98. The van der Waals surface area contributed by atoms with E-state index >= 15 is 0 Å². The third kappa shape index (κ3) is 5.75. The third-order valence-electron chi connectivity index (χ3n) is 3.90. The first-order valence-corrected chi connectivity index (χ1v) is 10.6. The molecule has 0 radical (unpaired) electrons. The number of rotatable bonds is 9. The fraction of sp³-hybridized carbons (Fsp3) is 0.143. The van der Waals surface area contributed by atoms with Crippen molar-refractivity contribution >= 4 is 45.6 Å². The molecule has 3 aromatic rings. The molecule has 2 N–H and O–H groups in total. The average molecular weight is 425 g/mol. The average Bonchev–Trinajstić information content (AvgIpc) is 3.18. The van der Waals surface area contributed by atoms with E-state index < -0.39 is 5.25 Å². The number of carbonyl (C=O) groups is 2. The Morgan fingerprint density at radius 2 is 1.97 bits per heavy atom. The van der Waals surface area contributed by atoms with Crippen molar-refractivity contribution in [2.24, 2.45) is 0 Å². The lowest BCUT2D eigenvalue weighted by atomic mass is 10.1. The lowest BCUT2D eigenvalue weighted by molar-refractivity contribution is -0.115. The summed E-state index contributed by atoms with van der Waals surface area (Å²) in [6, 6.07) is 16.4. The third-order valence-corrected chi connectivity index (χ3v) is 6.12. The smallest absolute Gasteiger partial charge is 0.242 e. The van der Waals surface area contributed by atoms with Gasteiger partial charge in [-0.3, -0.25) is 9.59 Å². The highest BCUT2D eigenvalue weighted by Crippen LogP contribution is 2.38. The summed E-state index contributed by atoms with van der Waals surface area (Å²) in [5, 5.41) is 14.4. The highest BCUT2D eigenvalue weighted by atomic mass is 32.2. The minimum absolute atomic E-state index is 0.0523. The first-order valence-electron chi connectivity index (χ1n) is 8.88. The molecule has 1 atom stereocenters. The van der Waals surface area contributed by atoms with Crippen molar-refractivity contribution in [2.45, 2.75) is 16.5 Å². The van der Waals surface area contributed by atoms with Crippen LogP contribution >= 0.6 is 23.1 Å². The van der Waals surface area contributed by atoms with Crippen LogP contribution in [0.15, 0.2) is 71.6 Å². The summed E-state index contributed by atoms with van der Waals surface area (Å²) in [4.78, 5) is 24.7. The van der Waals surface area contributed by atoms with E-state index in [-0.39, 0.29) is 11.7 Å². The maximum absolute atomic E-state index is 13.1. The van der Waals surface area contributed by atoms with Gasteiger partial charge in [-0.25, -0.2) is 0 Å². The predicted molar refractivity (Wildman–Crippen MR) is 119 cm³/mol. The quantitative estimate of drug-likeness (QED) is 0.291. The number of hydrogen-bond acceptors (Lipinski definition) is 7. The number of benzene rings is 2. The first-order chi connectivity index (χ1) is 14.1. The molecule has 0 saturated heterocycles. The van der Waals surface area contributed by atoms with Gasteiger partial charge in [-0.2, -0.15) is 0 Å². The zero-order chi connectivity index (χ0) is 20.6. The molecule has 0 aliphatic carbocycles. The van der Waals surface area contributed by atoms with Crippen molar-refractivity contribution in [3.05, 3.63) is 78.4 Å². The lowest BCUT2D eigenvalue weighted by Gasteiger charge is -2.16. The van der Waals surface area contributed by atoms with Crippen molar-refractivity contribution in [1.82, 2.24) is 10.2 Å². The molecule has 0 fully saturated rings. The Morgan fingerprint density at radius 3 is 2.69 bits per heavy atom. The molecule has 1 heterocycles. The molecule has 0 aliphatic heterocycles. The van der Waals surface area contributed by atoms with Gasteiger partial charge in [0.25, 0.3) is 0 Å². The van der Waals surface area contributed by atoms with Crippen LogP contribution in [-0.4, -0.2) is 28.4 Å². The van der Waals surface area contributed by atoms with Crippen LogP contribution in [0.2, 0.25) is 0 Å². The molecule has 2 aromatic carbocycles. The molecular weight excluding hydrogens is 404 g/mol. The number of amides is 1. The largest absolute Gasteiger partial charge is 0.357 e. The van der Waals surface area contributed by atoms with Crippen LogP contribution in [0.4, 0.5) is 10.8 Å². The minimum Gasteiger partial charge on any atom is -0.357 e. The Bertz CT molecular complexity index is 1000. The molecule has 3 rings (SSSR count). The van der Waals surface area contributed by atoms with Gasteiger partial charge in [0.1, 0.15) is 5.25 Å². The van der Waals surface area contributed by atoms with Crippen molar-refractivity contribution in [3.63, 3.8) is 0 Å². The summed E-state index contributed by atoms with van der Waals surface area (Å²) in [7, 11) is 0. The Labute approximate surface area is 177 Å². The maximum atomic E-state index is 13.1. The lowest BCUT2D eigenvalue weighted by Crippen LogP contribution is -2.19. The zero-order valence-electron chi connectivity index (χ0n) is 15.8. The summed E-state index contributed by atoms with van der Waals surface area (Å²) in [6.07, 6.45) is 1.74. The molecule has 29 heavy (non-hydrogen) atoms. The Balaban J connectivity index is 1.81. The molecule has 8 heteroatoms. The van der Waals surface area contributed by atoms with Crippen molar-refractivity contribution < 1.29 is 9.59 Å². The highest BCUT2D eigenvalue weighted by Gasteiger charge is 2.24. The van der Waals surface area contributed by atoms with E-state index in [0.717, 1.165) is 5.56 Å². The van der Waals surface area contributed by atoms with E-state index in [2.05, 4.69) is 27.4 Å². The van der Waals surface area contributed by atoms with E-state index in [1.54, 1.807) is 30.3 Å². The van der Waals surface area contributed by atoms with Gasteiger partial charge in [-0.1, -0.05) is 71.6 Å². The molecule has 148 valence electrons. The fourth-order valence-electron chi connectivity index (χ4n) is 2.51. The Hall–Kier alpha value is -2.97. The molecule has 1 amide bonds. The van der Waals surface area contributed by atoms with Gasteiger partial charge in [0.15, 0.2) is 10.1 Å². The second-order valence-corrected chi connectivity index (χ2v) is 8.41. The van der Waals surface area contributed by atoms with Crippen molar-refractivity contribution in [1.29, 1.82) is 0 Å². The molecule has 6 nitrogen and oxygen atoms in total. The Morgan fingerprint density at radius 1 is 1.17 bits per heavy atom. The van der Waals surface area contributed by atoms with Gasteiger partial charge < -0.3 is 10.6 Å². The van der Waals surface area contributed by atoms with Crippen LogP contribution in [0.3, 0.4) is 0 Å². The fourth-order valence-corrected chi connectivity index (χ4v) is 4.46. The van der Waals surface area contributed by atoms with Crippen LogP contribution < -0.4 is 10.6 Å². The normalized spacial score (nSPS) is 11.5. The molecule has 0 bridgehead atoms. The number of ketones is 1. The molecular formula is C21H20N4O2S2. The van der Waals surface area contributed by atoms with E-state index in [9.17, 15) is 9.59 Å². The number of thioether (sulfide) groups is 1. The number of anilines is 2. The van der Waals surface area contributed by atoms with Gasteiger partial charge in [0.05, 0.1) is 0 Å². The second-order valence-electron chi connectivity index (χ2n) is 6.08. The summed E-state index contributed by atoms with van der Waals surface area (Å²) < 4.78 is 0.679. The van der Waals surface area contributed by atoms with Crippen LogP contribution in [0.5, 0.6) is 0 Å². The first kappa shape index (κ1) is 20.8. The number of Topliss-reactive ketones (excluding diaryl/α,β-unsaturated/α-hetero) is 1. The standard InChI is InChI=1S/C21H20N4O2S2/c1-3-12-22-20-24-25-21(29-20)28-18(15-8-5-4-6-9-15)19(27)23-17-11-7-10-16(13-17)14(2)26/h3-11,13,18H,1,12H2,2H3,(H,22,24)(H,23,27). The molecule has 0 spiro atoms. The van der Waals surface area contributed by atoms with Crippen LogP contribution in [0.25, 0.3) is 0 Å². The van der Waals surface area contributed by atoms with Crippen LogP contribution in [0, 0.1) is 0 Å². The van der Waals surface area contributed by atoms with Crippen molar-refractivity contribution in [3.8, 4) is 0 Å². The Kier molecular flexibility index (Phi) is 7.15. The van der Waals surface area contributed by atoms with E-state index in [0.29, 0.717) is 27.3 Å². The van der Waals surface area contributed by atoms with Gasteiger partial charge in [-0.15, -0.1) is 16.8 Å². The predicted octanol–water partition coefficient (Wildman–Crippen LogP) is 4.81. The van der Waals surface area contributed by atoms with Gasteiger partial charge in [0, 0.05) is 17.8 Å². The van der Waals surface area contributed by atoms with Crippen LogP contribution in [-0.2, 0) is 4.79 Å². The molecule has 1 unspecified atom stereocenters. The summed E-state index contributed by atoms with van der Waals surface area (Å²) in [5.74, 6) is -0.249. The van der Waals surface area contributed by atoms with E-state index in [4.69, 9.17) is 0 Å². The maximum Gasteiger partial charge on any atom is 0.242 e. The van der Waals surface area contributed by atoms with Gasteiger partial charge in [-0.05, 0) is 24.6 Å². The number of hydrogen-bond donors (Lipinski definition) is 2. The number of nitrogens with zero attached hydrogens (tertiary/aromatic N) is 2. The van der Waals surface area contributed by atoms with E-state index in [1.165, 1.54) is 30.0 Å². The molecule has 0 aliphatic rings. The summed E-state index contributed by atoms with van der Waals surface area (Å²) >= 11 is 2.72. The van der Waals surface area contributed by atoms with Crippen molar-refractivity contribution in [2.75, 3.05) is 17.2 Å². The monoisotopic (exact) mass is 424 g/mol. The number of aromatic nitrogens is 2. The zero-order valence-corrected chi connectivity index (χ0v) is 17.4. The topological polar surface area (TPSA) is 84.0 Å². The van der Waals surface area contributed by atoms with Crippen LogP contribution in [0.1, 0.15) is 28.1 Å². The van der Waals surface area contributed by atoms with Gasteiger partial charge in [0.2, 0.25) is 11.0 Å². The SMILES string of the molecule is C=CCNc1nnc(SC(C(=O)Nc2cccc(C(C)=O)c2)c2ccccc2)s1. The minimum atomic E-state index is -0.516. The highest BCUT2D eigenvalue weighted by molar-refractivity contribution is 8.02. The summed E-state index contributed by atoms with van der Waals surface area (Å²) in [6.45, 7) is 5.75. The van der Waals surface area contributed by atoms with E-state index in [1.807, 2.05) is 30.3 Å². The molecule has 0 saturated carbocycles. The van der Waals surface area contributed by atoms with Gasteiger partial charge >= 0.3 is 0 Å².